The molecule has 0 aliphatic heterocycles. The lowest BCUT2D eigenvalue weighted by Crippen LogP contribution is -2.33. The predicted octanol–water partition coefficient (Wildman–Crippen LogP) is 0.686. The molecule has 0 spiro atoms. The first kappa shape index (κ1) is 19.9. The molecule has 7 nitrogen and oxygen atoms in total. The largest absolute Gasteiger partial charge is 0.484 e. The topological polar surface area (TPSA) is 128 Å². The van der Waals surface area contributed by atoms with Gasteiger partial charge in [0, 0.05) is 0 Å². The van der Waals surface area contributed by atoms with Gasteiger partial charge in [-0.2, -0.15) is 0 Å². The van der Waals surface area contributed by atoms with E-state index in [1.54, 1.807) is 12.1 Å². The fraction of sp³-hybridized carbons (Fsp3) is 0.467. The minimum Gasteiger partial charge on any atom is -0.484 e. The number of nitrogens with one attached hydrogen (secondary N) is 1. The molecule has 0 fully saturated rings. The number of hydrogen-bond acceptors (Lipinski definition) is 5. The van der Waals surface area contributed by atoms with Gasteiger partial charge in [-0.15, -0.1) is 0 Å². The highest BCUT2D eigenvalue weighted by atomic mass is 16.5. The Bertz CT molecular complexity index is 426. The van der Waals surface area contributed by atoms with Gasteiger partial charge in [0.15, 0.2) is 6.61 Å². The van der Waals surface area contributed by atoms with Crippen LogP contribution >= 0.6 is 0 Å². The molecule has 7 heteroatoms. The van der Waals surface area contributed by atoms with Gasteiger partial charge in [-0.25, -0.2) is 0 Å². The van der Waals surface area contributed by atoms with Gasteiger partial charge >= 0.3 is 5.97 Å². The van der Waals surface area contributed by atoms with Crippen LogP contribution in [-0.4, -0.2) is 36.3 Å². The summed E-state index contributed by atoms with van der Waals surface area (Å²) in [5.41, 5.74) is 10.3. The van der Waals surface area contributed by atoms with E-state index >= 15 is 0 Å². The highest BCUT2D eigenvalue weighted by Crippen LogP contribution is 2.07. The molecule has 0 aliphatic carbocycles. The normalized spacial score (nSPS) is 10.9. The Morgan fingerprint density at radius 1 is 1.32 bits per heavy atom. The SMILES string of the molecule is CCCC[C@H](N)C(=O)O.NCNC(=O)COc1ccccc1. The number of carboxylic acid groups (broad SMARTS) is 1. The summed E-state index contributed by atoms with van der Waals surface area (Å²) < 4.78 is 5.15. The molecule has 0 bridgehead atoms. The molecule has 0 saturated carbocycles. The van der Waals surface area contributed by atoms with Crippen LogP contribution in [0.15, 0.2) is 30.3 Å². The maximum Gasteiger partial charge on any atom is 0.320 e. The van der Waals surface area contributed by atoms with Crippen molar-refractivity contribution >= 4 is 11.9 Å². The Hall–Kier alpha value is -2.12. The van der Waals surface area contributed by atoms with Crippen LogP contribution in [0.5, 0.6) is 5.75 Å². The number of hydrogen-bond donors (Lipinski definition) is 4. The fourth-order valence-corrected chi connectivity index (χ4v) is 1.38. The van der Waals surface area contributed by atoms with Gasteiger partial charge in [0.1, 0.15) is 11.8 Å². The summed E-state index contributed by atoms with van der Waals surface area (Å²) in [5.74, 6) is -0.440. The second kappa shape index (κ2) is 12.6. The van der Waals surface area contributed by atoms with Crippen molar-refractivity contribution in [1.29, 1.82) is 0 Å². The third kappa shape index (κ3) is 10.6. The molecule has 6 N–H and O–H groups in total. The van der Waals surface area contributed by atoms with Crippen molar-refractivity contribution in [3.63, 3.8) is 0 Å². The highest BCUT2D eigenvalue weighted by molar-refractivity contribution is 5.77. The van der Waals surface area contributed by atoms with E-state index in [1.165, 1.54) is 0 Å². The van der Waals surface area contributed by atoms with Crippen LogP contribution in [-0.2, 0) is 9.59 Å². The van der Waals surface area contributed by atoms with Gasteiger partial charge in [-0.3, -0.25) is 9.59 Å². The van der Waals surface area contributed by atoms with Crippen molar-refractivity contribution in [1.82, 2.24) is 5.32 Å². The number of unbranched alkanes of at least 4 members (excludes halogenated alkanes) is 1. The summed E-state index contributed by atoms with van der Waals surface area (Å²) >= 11 is 0. The van der Waals surface area contributed by atoms with E-state index in [4.69, 9.17) is 21.3 Å². The molecule has 1 amide bonds. The minimum atomic E-state index is -0.900. The van der Waals surface area contributed by atoms with Crippen LogP contribution in [0.2, 0.25) is 0 Å². The Labute approximate surface area is 130 Å². The van der Waals surface area contributed by atoms with Crippen LogP contribution in [0.25, 0.3) is 0 Å². The number of para-hydroxylation sites is 1. The summed E-state index contributed by atoms with van der Waals surface area (Å²) in [6, 6.07) is 8.48. The number of carbonyl (C=O) groups excluding carboxylic acids is 1. The standard InChI is InChI=1S/C9H12N2O2.C6H13NO2/c10-7-11-9(12)6-13-8-4-2-1-3-5-8;1-2-3-4-5(7)6(8)9/h1-5H,6-7,10H2,(H,11,12);5H,2-4,7H2,1H3,(H,8,9)/t;5-/m.0/s1. The van der Waals surface area contributed by atoms with E-state index in [0.717, 1.165) is 12.8 Å². The third-order valence-corrected chi connectivity index (χ3v) is 2.60. The average molecular weight is 311 g/mol. The van der Waals surface area contributed by atoms with E-state index in [-0.39, 0.29) is 19.2 Å². The summed E-state index contributed by atoms with van der Waals surface area (Å²) in [6.07, 6.45) is 2.49. The van der Waals surface area contributed by atoms with Crippen molar-refractivity contribution in [3.8, 4) is 5.75 Å². The first-order valence-corrected chi connectivity index (χ1v) is 7.14. The number of aliphatic carboxylic acids is 1. The summed E-state index contributed by atoms with van der Waals surface area (Å²) in [4.78, 5) is 21.0. The van der Waals surface area contributed by atoms with Gasteiger partial charge < -0.3 is 26.6 Å². The molecule has 0 aliphatic rings. The van der Waals surface area contributed by atoms with E-state index in [9.17, 15) is 9.59 Å². The van der Waals surface area contributed by atoms with Crippen molar-refractivity contribution in [2.45, 2.75) is 32.2 Å². The van der Waals surface area contributed by atoms with Crippen molar-refractivity contribution in [2.75, 3.05) is 13.3 Å². The maximum atomic E-state index is 10.9. The van der Waals surface area contributed by atoms with Gasteiger partial charge in [-0.1, -0.05) is 38.0 Å². The number of rotatable bonds is 8. The Balaban J connectivity index is 0.000000433. The molecule has 1 rings (SSSR count). The first-order chi connectivity index (χ1) is 10.5. The highest BCUT2D eigenvalue weighted by Gasteiger charge is 2.08. The lowest BCUT2D eigenvalue weighted by molar-refractivity contribution is -0.138. The van der Waals surface area contributed by atoms with Crippen LogP contribution in [0.4, 0.5) is 0 Å². The summed E-state index contributed by atoms with van der Waals surface area (Å²) in [7, 11) is 0. The molecular weight excluding hydrogens is 286 g/mol. The molecule has 0 saturated heterocycles. The van der Waals surface area contributed by atoms with Crippen molar-refractivity contribution in [2.24, 2.45) is 11.5 Å². The lowest BCUT2D eigenvalue weighted by Gasteiger charge is -2.04. The number of carboxylic acids is 1. The third-order valence-electron chi connectivity index (χ3n) is 2.60. The zero-order valence-electron chi connectivity index (χ0n) is 12.8. The van der Waals surface area contributed by atoms with Crippen molar-refractivity contribution in [3.05, 3.63) is 30.3 Å². The zero-order chi connectivity index (χ0) is 16.8. The van der Waals surface area contributed by atoms with Crippen LogP contribution in [0.3, 0.4) is 0 Å². The van der Waals surface area contributed by atoms with Gasteiger partial charge in [0.2, 0.25) is 0 Å². The summed E-state index contributed by atoms with van der Waals surface area (Å²) in [6.45, 7) is 2.15. The molecule has 1 aromatic rings. The predicted molar refractivity (Wildman–Crippen MR) is 84.3 cm³/mol. The van der Waals surface area contributed by atoms with Crippen LogP contribution in [0, 0.1) is 0 Å². The molecule has 1 atom stereocenters. The smallest absolute Gasteiger partial charge is 0.320 e. The fourth-order valence-electron chi connectivity index (χ4n) is 1.38. The van der Waals surface area contributed by atoms with Gasteiger partial charge in [0.25, 0.3) is 5.91 Å². The van der Waals surface area contributed by atoms with E-state index in [0.29, 0.717) is 12.2 Å². The zero-order valence-corrected chi connectivity index (χ0v) is 12.8. The average Bonchev–Trinajstić information content (AvgIpc) is 2.52. The first-order valence-electron chi connectivity index (χ1n) is 7.14. The number of amides is 1. The van der Waals surface area contributed by atoms with E-state index in [1.807, 2.05) is 25.1 Å². The quantitative estimate of drug-likeness (QED) is 0.523. The number of nitrogens with two attached hydrogens (primary N) is 2. The van der Waals surface area contributed by atoms with E-state index < -0.39 is 12.0 Å². The number of ether oxygens (including phenoxy) is 1. The maximum absolute atomic E-state index is 10.9. The molecule has 0 aromatic heterocycles. The molecule has 0 heterocycles. The Morgan fingerprint density at radius 3 is 2.45 bits per heavy atom. The lowest BCUT2D eigenvalue weighted by atomic mass is 10.1. The van der Waals surface area contributed by atoms with Crippen LogP contribution < -0.4 is 21.5 Å². The number of carbonyl (C=O) groups is 2. The van der Waals surface area contributed by atoms with E-state index in [2.05, 4.69) is 5.32 Å². The Morgan fingerprint density at radius 2 is 1.95 bits per heavy atom. The number of benzene rings is 1. The van der Waals surface area contributed by atoms with Crippen LogP contribution in [0.1, 0.15) is 26.2 Å². The molecule has 22 heavy (non-hydrogen) atoms. The second-order valence-electron chi connectivity index (χ2n) is 4.49. The minimum absolute atomic E-state index is 0.00120. The molecular formula is C15H25N3O4. The second-order valence-corrected chi connectivity index (χ2v) is 4.49. The van der Waals surface area contributed by atoms with Gasteiger partial charge in [0.05, 0.1) is 6.67 Å². The molecule has 124 valence electrons. The monoisotopic (exact) mass is 311 g/mol. The molecule has 0 unspecified atom stereocenters. The van der Waals surface area contributed by atoms with Crippen molar-refractivity contribution < 1.29 is 19.4 Å². The summed E-state index contributed by atoms with van der Waals surface area (Å²) in [5, 5.41) is 10.7. The Kier molecular flexibility index (Phi) is 11.4. The molecule has 0 radical (unpaired) electrons. The van der Waals surface area contributed by atoms with Gasteiger partial charge in [-0.05, 0) is 18.6 Å². The molecule has 1 aromatic carbocycles.